The van der Waals surface area contributed by atoms with Crippen molar-refractivity contribution in [3.05, 3.63) is 58.9 Å². The van der Waals surface area contributed by atoms with Crippen molar-refractivity contribution in [3.63, 3.8) is 0 Å². The lowest BCUT2D eigenvalue weighted by Gasteiger charge is -2.20. The summed E-state index contributed by atoms with van der Waals surface area (Å²) in [6.07, 6.45) is 1.000. The lowest BCUT2D eigenvalue weighted by molar-refractivity contribution is 0.220. The highest BCUT2D eigenvalue weighted by molar-refractivity contribution is 7.98. The highest BCUT2D eigenvalue weighted by atomic mass is 35.5. The van der Waals surface area contributed by atoms with Crippen molar-refractivity contribution in [1.82, 2.24) is 15.2 Å². The topological polar surface area (TPSA) is 59.9 Å². The van der Waals surface area contributed by atoms with Crippen LogP contribution in [-0.4, -0.2) is 21.4 Å². The molecule has 1 aromatic heterocycles. The minimum absolute atomic E-state index is 0.219. The fraction of sp³-hybridized carbons (Fsp3) is 0.118. The van der Waals surface area contributed by atoms with Crippen LogP contribution in [-0.2, 0) is 0 Å². The summed E-state index contributed by atoms with van der Waals surface area (Å²) in [5.41, 5.74) is 2.23. The first-order valence-corrected chi connectivity index (χ1v) is 9.03. The number of fused-ring (bicyclic) bond motifs is 3. The number of nitrogens with zero attached hydrogens (tertiary/aromatic N) is 3. The summed E-state index contributed by atoms with van der Waals surface area (Å²) < 4.78 is 20.4. The molecule has 0 fully saturated rings. The summed E-state index contributed by atoms with van der Waals surface area (Å²) in [5, 5.41) is 12.2. The molecule has 4 rings (SSSR count). The van der Waals surface area contributed by atoms with Crippen molar-refractivity contribution < 1.29 is 9.13 Å². The zero-order valence-electron chi connectivity index (χ0n) is 13.0. The average molecular weight is 375 g/mol. The summed E-state index contributed by atoms with van der Waals surface area (Å²) in [5.74, 6) is -0.181. The van der Waals surface area contributed by atoms with E-state index in [2.05, 4.69) is 20.5 Å². The van der Waals surface area contributed by atoms with Gasteiger partial charge in [-0.2, -0.15) is 4.98 Å². The smallest absolute Gasteiger partial charge is 0.247 e. The van der Waals surface area contributed by atoms with E-state index < -0.39 is 12.0 Å². The summed E-state index contributed by atoms with van der Waals surface area (Å²) in [6, 6.07) is 12.0. The van der Waals surface area contributed by atoms with E-state index in [1.54, 1.807) is 12.1 Å². The van der Waals surface area contributed by atoms with Crippen molar-refractivity contribution in [2.75, 3.05) is 11.6 Å². The van der Waals surface area contributed by atoms with Gasteiger partial charge in [-0.05, 0) is 24.5 Å². The fourth-order valence-corrected chi connectivity index (χ4v) is 3.18. The van der Waals surface area contributed by atoms with Gasteiger partial charge in [0, 0.05) is 11.3 Å². The molecule has 0 saturated carbocycles. The van der Waals surface area contributed by atoms with E-state index in [-0.39, 0.29) is 16.5 Å². The molecule has 0 bridgehead atoms. The lowest BCUT2D eigenvalue weighted by atomic mass is 10.1. The zero-order valence-corrected chi connectivity index (χ0v) is 14.6. The maximum Gasteiger partial charge on any atom is 0.247 e. The number of benzene rings is 2. The lowest BCUT2D eigenvalue weighted by Crippen LogP contribution is -2.19. The number of para-hydroxylation sites is 1. The van der Waals surface area contributed by atoms with E-state index in [9.17, 15) is 4.39 Å². The zero-order chi connectivity index (χ0) is 17.4. The Bertz CT molecular complexity index is 935. The minimum Gasteiger partial charge on any atom is -0.448 e. The van der Waals surface area contributed by atoms with Crippen molar-refractivity contribution in [3.8, 4) is 17.1 Å². The number of ether oxygens (including phenoxy) is 1. The molecule has 1 N–H and O–H groups in total. The van der Waals surface area contributed by atoms with Gasteiger partial charge in [0.05, 0.1) is 10.6 Å². The van der Waals surface area contributed by atoms with Crippen LogP contribution in [0.5, 0.6) is 5.88 Å². The molecule has 5 nitrogen and oxygen atoms in total. The number of nitrogens with one attached hydrogen (secondary N) is 1. The number of hydrogen-bond donors (Lipinski definition) is 1. The third-order valence-electron chi connectivity index (χ3n) is 3.78. The first-order valence-electron chi connectivity index (χ1n) is 7.42. The highest BCUT2D eigenvalue weighted by Crippen LogP contribution is 2.40. The molecule has 1 aliphatic rings. The summed E-state index contributed by atoms with van der Waals surface area (Å²) in [6.45, 7) is 0. The molecule has 126 valence electrons. The van der Waals surface area contributed by atoms with Gasteiger partial charge in [0.25, 0.3) is 0 Å². The minimum atomic E-state index is -0.845. The van der Waals surface area contributed by atoms with E-state index in [0.717, 1.165) is 11.3 Å². The van der Waals surface area contributed by atoms with Crippen molar-refractivity contribution in [2.45, 2.75) is 11.4 Å². The largest absolute Gasteiger partial charge is 0.448 e. The molecule has 0 spiro atoms. The third-order valence-corrected chi connectivity index (χ3v) is 4.65. The molecular formula is C17H12ClFN4OS. The molecule has 0 saturated heterocycles. The number of aromatic nitrogens is 3. The number of halogens is 2. The highest BCUT2D eigenvalue weighted by Gasteiger charge is 2.28. The van der Waals surface area contributed by atoms with Crippen LogP contribution in [0.3, 0.4) is 0 Å². The van der Waals surface area contributed by atoms with Gasteiger partial charge >= 0.3 is 0 Å². The van der Waals surface area contributed by atoms with Gasteiger partial charge in [-0.15, -0.1) is 10.2 Å². The second-order valence-corrected chi connectivity index (χ2v) is 6.46. The van der Waals surface area contributed by atoms with Gasteiger partial charge in [-0.3, -0.25) is 0 Å². The molecule has 1 atom stereocenters. The second kappa shape index (κ2) is 6.50. The van der Waals surface area contributed by atoms with Crippen molar-refractivity contribution in [2.24, 2.45) is 0 Å². The van der Waals surface area contributed by atoms with Crippen molar-refractivity contribution >= 4 is 29.1 Å². The number of rotatable bonds is 2. The standard InChI is InChI=1S/C17H12ClFN4OS/c1-25-17-21-16-14(22-23-17)9-5-2-3-8-12(9)20-15(24-16)13-10(18)6-4-7-11(13)19/h2-8,15,20H,1H3/t15-/m0/s1. The first kappa shape index (κ1) is 16.1. The maximum absolute atomic E-state index is 14.4. The van der Waals surface area contributed by atoms with Crippen molar-refractivity contribution in [1.29, 1.82) is 0 Å². The molecule has 8 heteroatoms. The Hall–Kier alpha value is -2.38. The van der Waals surface area contributed by atoms with Gasteiger partial charge < -0.3 is 10.1 Å². The average Bonchev–Trinajstić information content (AvgIpc) is 2.77. The van der Waals surface area contributed by atoms with Crippen LogP contribution in [0, 0.1) is 5.82 Å². The molecule has 25 heavy (non-hydrogen) atoms. The molecule has 1 aliphatic heterocycles. The first-order chi connectivity index (χ1) is 12.2. The van der Waals surface area contributed by atoms with E-state index >= 15 is 0 Å². The number of thioether (sulfide) groups is 1. The SMILES string of the molecule is CSc1nnc2c(n1)O[C@@H](c1c(F)cccc1Cl)Nc1ccccc1-2. The normalized spacial score (nSPS) is 15.4. The van der Waals surface area contributed by atoms with Gasteiger partial charge in [0.1, 0.15) is 5.82 Å². The molecule has 0 amide bonds. The van der Waals surface area contributed by atoms with Crippen LogP contribution < -0.4 is 10.1 Å². The van der Waals surface area contributed by atoms with Gasteiger partial charge in [0.15, 0.2) is 5.69 Å². The Labute approximate surface area is 152 Å². The van der Waals surface area contributed by atoms with E-state index in [1.807, 2.05) is 30.5 Å². The Morgan fingerprint density at radius 3 is 2.80 bits per heavy atom. The molecule has 0 unspecified atom stereocenters. The monoisotopic (exact) mass is 374 g/mol. The van der Waals surface area contributed by atoms with Crippen LogP contribution in [0.15, 0.2) is 47.6 Å². The van der Waals surface area contributed by atoms with Gasteiger partial charge in [0.2, 0.25) is 17.3 Å². The number of hydrogen-bond acceptors (Lipinski definition) is 6. The quantitative estimate of drug-likeness (QED) is 0.664. The molecule has 3 aromatic rings. The summed E-state index contributed by atoms with van der Waals surface area (Å²) in [4.78, 5) is 4.39. The molecular weight excluding hydrogens is 363 g/mol. The van der Waals surface area contributed by atoms with Gasteiger partial charge in [-0.25, -0.2) is 4.39 Å². The van der Waals surface area contributed by atoms with E-state index in [4.69, 9.17) is 16.3 Å². The van der Waals surface area contributed by atoms with Crippen LogP contribution in [0.4, 0.5) is 10.1 Å². The predicted octanol–water partition coefficient (Wildman–Crippen LogP) is 4.56. The Kier molecular flexibility index (Phi) is 4.19. The molecule has 0 radical (unpaired) electrons. The predicted molar refractivity (Wildman–Crippen MR) is 95.4 cm³/mol. The van der Waals surface area contributed by atoms with Crippen LogP contribution in [0.1, 0.15) is 11.8 Å². The maximum atomic E-state index is 14.4. The third kappa shape index (κ3) is 2.89. The Morgan fingerprint density at radius 2 is 2.00 bits per heavy atom. The Balaban J connectivity index is 1.91. The fourth-order valence-electron chi connectivity index (χ4n) is 2.63. The Morgan fingerprint density at radius 1 is 1.16 bits per heavy atom. The molecule has 2 heterocycles. The van der Waals surface area contributed by atoms with Gasteiger partial charge in [-0.1, -0.05) is 47.6 Å². The van der Waals surface area contributed by atoms with E-state index in [1.165, 1.54) is 17.8 Å². The second-order valence-electron chi connectivity index (χ2n) is 5.28. The summed E-state index contributed by atoms with van der Waals surface area (Å²) >= 11 is 7.56. The van der Waals surface area contributed by atoms with Crippen LogP contribution in [0.2, 0.25) is 5.02 Å². The molecule has 2 aromatic carbocycles. The summed E-state index contributed by atoms with van der Waals surface area (Å²) in [7, 11) is 0. The number of anilines is 1. The van der Waals surface area contributed by atoms with E-state index in [0.29, 0.717) is 10.9 Å². The molecule has 0 aliphatic carbocycles. The van der Waals surface area contributed by atoms with Crippen LogP contribution in [0.25, 0.3) is 11.3 Å². The van der Waals surface area contributed by atoms with Crippen LogP contribution >= 0.6 is 23.4 Å².